The zero-order valence-electron chi connectivity index (χ0n) is 14.8. The minimum atomic E-state index is -0.321. The first-order chi connectivity index (χ1) is 12.5. The minimum Gasteiger partial charge on any atom is -0.355 e. The van der Waals surface area contributed by atoms with Crippen molar-refractivity contribution in [3.63, 3.8) is 0 Å². The molecule has 1 N–H and O–H groups in total. The Bertz CT molecular complexity index is 790. The van der Waals surface area contributed by atoms with E-state index in [2.05, 4.69) is 24.4 Å². The van der Waals surface area contributed by atoms with Gasteiger partial charge in [0.2, 0.25) is 11.8 Å². The lowest BCUT2D eigenvalue weighted by Crippen LogP contribution is -2.45. The third-order valence-corrected chi connectivity index (χ3v) is 5.72. The Labute approximate surface area is 157 Å². The number of benzene rings is 1. The van der Waals surface area contributed by atoms with Gasteiger partial charge in [-0.15, -0.1) is 11.3 Å². The Morgan fingerprint density at radius 3 is 2.85 bits per heavy atom. The summed E-state index contributed by atoms with van der Waals surface area (Å²) in [6.07, 6.45) is 1.70. The van der Waals surface area contributed by atoms with Crippen molar-refractivity contribution in [2.75, 3.05) is 13.1 Å². The molecule has 138 valence electrons. The molecule has 1 aromatic heterocycles. The molecule has 0 aliphatic carbocycles. The number of aryl methyl sites for hydroxylation is 1. The topological polar surface area (TPSA) is 49.4 Å². The lowest BCUT2D eigenvalue weighted by atomic mass is 9.96. The second-order valence-corrected chi connectivity index (χ2v) is 8.03. The van der Waals surface area contributed by atoms with Crippen LogP contribution in [-0.4, -0.2) is 29.8 Å². The van der Waals surface area contributed by atoms with E-state index >= 15 is 0 Å². The highest BCUT2D eigenvalue weighted by molar-refractivity contribution is 7.11. The van der Waals surface area contributed by atoms with Crippen molar-refractivity contribution >= 4 is 23.2 Å². The van der Waals surface area contributed by atoms with Crippen LogP contribution in [-0.2, 0) is 22.6 Å². The van der Waals surface area contributed by atoms with E-state index in [1.807, 2.05) is 0 Å². The highest BCUT2D eigenvalue weighted by atomic mass is 32.1. The molecule has 2 amide bonds. The molecule has 1 saturated heterocycles. The number of hydrogen-bond donors (Lipinski definition) is 1. The van der Waals surface area contributed by atoms with Crippen LogP contribution in [0.1, 0.15) is 28.2 Å². The predicted molar refractivity (Wildman–Crippen MR) is 100 cm³/mol. The van der Waals surface area contributed by atoms with E-state index in [1.165, 1.54) is 15.8 Å². The second-order valence-electron chi connectivity index (χ2n) is 6.65. The number of piperidine rings is 1. The van der Waals surface area contributed by atoms with Crippen LogP contribution in [0.3, 0.4) is 0 Å². The summed E-state index contributed by atoms with van der Waals surface area (Å²) >= 11 is 1.74. The average molecular weight is 374 g/mol. The Kier molecular flexibility index (Phi) is 6.04. The maximum Gasteiger partial charge on any atom is 0.224 e. The van der Waals surface area contributed by atoms with Crippen molar-refractivity contribution in [3.05, 3.63) is 57.5 Å². The first kappa shape index (κ1) is 18.6. The lowest BCUT2D eigenvalue weighted by Gasteiger charge is -2.32. The number of halogens is 1. The van der Waals surface area contributed by atoms with Crippen LogP contribution in [0.15, 0.2) is 36.4 Å². The maximum atomic E-state index is 13.8. The van der Waals surface area contributed by atoms with Crippen LogP contribution in [0.25, 0.3) is 0 Å². The van der Waals surface area contributed by atoms with E-state index in [1.54, 1.807) is 34.4 Å². The number of thiophene rings is 1. The molecular weight excluding hydrogens is 351 g/mol. The van der Waals surface area contributed by atoms with Gasteiger partial charge >= 0.3 is 0 Å². The second kappa shape index (κ2) is 8.45. The Morgan fingerprint density at radius 1 is 1.31 bits per heavy atom. The highest BCUT2D eigenvalue weighted by Crippen LogP contribution is 2.21. The number of rotatable bonds is 6. The van der Waals surface area contributed by atoms with Gasteiger partial charge in [-0.2, -0.15) is 0 Å². The maximum absolute atomic E-state index is 13.8. The van der Waals surface area contributed by atoms with Gasteiger partial charge in [-0.25, -0.2) is 4.39 Å². The van der Waals surface area contributed by atoms with Crippen molar-refractivity contribution < 1.29 is 14.0 Å². The van der Waals surface area contributed by atoms with Crippen molar-refractivity contribution in [2.45, 2.75) is 32.7 Å². The minimum absolute atomic E-state index is 0.0219. The monoisotopic (exact) mass is 374 g/mol. The molecule has 6 heteroatoms. The largest absolute Gasteiger partial charge is 0.355 e. The molecule has 3 rings (SSSR count). The highest BCUT2D eigenvalue weighted by Gasteiger charge is 2.30. The fraction of sp³-hybridized carbons (Fsp3) is 0.400. The first-order valence-electron chi connectivity index (χ1n) is 8.87. The molecule has 1 fully saturated rings. The van der Waals surface area contributed by atoms with Crippen LogP contribution in [0.5, 0.6) is 0 Å². The van der Waals surface area contributed by atoms with E-state index in [0.717, 1.165) is 6.42 Å². The number of hydrogen-bond acceptors (Lipinski definition) is 3. The van der Waals surface area contributed by atoms with E-state index in [-0.39, 0.29) is 30.1 Å². The molecule has 1 aliphatic heterocycles. The molecule has 2 heterocycles. The van der Waals surface area contributed by atoms with E-state index in [0.29, 0.717) is 31.5 Å². The van der Waals surface area contributed by atoms with Gasteiger partial charge in [-0.3, -0.25) is 9.59 Å². The molecule has 1 atom stereocenters. The Balaban J connectivity index is 1.52. The summed E-state index contributed by atoms with van der Waals surface area (Å²) in [5.41, 5.74) is 0.481. The number of nitrogens with zero attached hydrogens (tertiary/aromatic N) is 1. The van der Waals surface area contributed by atoms with Crippen molar-refractivity contribution in [1.29, 1.82) is 0 Å². The van der Waals surface area contributed by atoms with Crippen molar-refractivity contribution in [2.24, 2.45) is 5.92 Å². The Hall–Kier alpha value is -2.21. The van der Waals surface area contributed by atoms with Crippen molar-refractivity contribution in [3.8, 4) is 0 Å². The summed E-state index contributed by atoms with van der Waals surface area (Å²) in [4.78, 5) is 28.7. The molecule has 4 nitrogen and oxygen atoms in total. The van der Waals surface area contributed by atoms with Gasteiger partial charge in [-0.05, 0) is 38.0 Å². The number of likely N-dealkylation sites (tertiary alicyclic amines) is 1. The van der Waals surface area contributed by atoms with Gasteiger partial charge in [0, 0.05) is 41.4 Å². The van der Waals surface area contributed by atoms with Crippen molar-refractivity contribution in [1.82, 2.24) is 10.2 Å². The number of carbonyl (C=O) groups is 2. The van der Waals surface area contributed by atoms with Crippen LogP contribution in [0.4, 0.5) is 4.39 Å². The van der Waals surface area contributed by atoms with Crippen LogP contribution in [0.2, 0.25) is 0 Å². The summed E-state index contributed by atoms with van der Waals surface area (Å²) in [6, 6.07) is 10.6. The molecule has 0 spiro atoms. The molecule has 2 aromatic rings. The first-order valence-corrected chi connectivity index (χ1v) is 9.69. The Morgan fingerprint density at radius 2 is 2.12 bits per heavy atom. The zero-order chi connectivity index (χ0) is 18.5. The third-order valence-electron chi connectivity index (χ3n) is 4.66. The van der Waals surface area contributed by atoms with E-state index in [4.69, 9.17) is 0 Å². The van der Waals surface area contributed by atoms with Gasteiger partial charge in [0.25, 0.3) is 0 Å². The van der Waals surface area contributed by atoms with Gasteiger partial charge in [0.05, 0.1) is 5.92 Å². The predicted octanol–water partition coefficient (Wildman–Crippen LogP) is 3.29. The fourth-order valence-corrected chi connectivity index (χ4v) is 4.08. The quantitative estimate of drug-likeness (QED) is 0.843. The van der Waals surface area contributed by atoms with E-state index < -0.39 is 0 Å². The normalized spacial score (nSPS) is 17.4. The summed E-state index contributed by atoms with van der Waals surface area (Å²) in [7, 11) is 0. The molecule has 1 aliphatic rings. The fourth-order valence-electron chi connectivity index (χ4n) is 3.19. The molecule has 1 aromatic carbocycles. The third kappa shape index (κ3) is 4.69. The zero-order valence-corrected chi connectivity index (χ0v) is 15.7. The molecule has 26 heavy (non-hydrogen) atoms. The number of carbonyl (C=O) groups excluding carboxylic acids is 2. The van der Waals surface area contributed by atoms with Gasteiger partial charge in [0.1, 0.15) is 5.82 Å². The average Bonchev–Trinajstić information content (AvgIpc) is 3.04. The number of nitrogens with one attached hydrogen (secondary N) is 1. The summed E-state index contributed by atoms with van der Waals surface area (Å²) in [5, 5.41) is 2.98. The smallest absolute Gasteiger partial charge is 0.224 e. The van der Waals surface area contributed by atoms with Crippen LogP contribution in [0, 0.1) is 18.7 Å². The van der Waals surface area contributed by atoms with Crippen LogP contribution < -0.4 is 5.32 Å². The standard InChI is InChI=1S/C20H23FN2O2S/c1-14-6-8-17(26-14)10-11-22-20(25)16-7-9-19(24)23(13-16)12-15-4-2-3-5-18(15)21/h2-6,8,16H,7,9-13H2,1H3,(H,22,25)/t16-/m1/s1. The molecule has 0 saturated carbocycles. The molecular formula is C20H23FN2O2S. The van der Waals surface area contributed by atoms with Gasteiger partial charge in [0.15, 0.2) is 0 Å². The van der Waals surface area contributed by atoms with Gasteiger partial charge in [-0.1, -0.05) is 18.2 Å². The lowest BCUT2D eigenvalue weighted by molar-refractivity contribution is -0.138. The number of amides is 2. The van der Waals surface area contributed by atoms with E-state index in [9.17, 15) is 14.0 Å². The van der Waals surface area contributed by atoms with Gasteiger partial charge < -0.3 is 10.2 Å². The summed E-state index contributed by atoms with van der Waals surface area (Å²) in [5.74, 6) is -0.599. The molecule has 0 bridgehead atoms. The molecule has 0 unspecified atom stereocenters. The summed E-state index contributed by atoms with van der Waals surface area (Å²) in [6.45, 7) is 3.22. The SMILES string of the molecule is Cc1ccc(CCNC(=O)[C@@H]2CCC(=O)N(Cc3ccccc3F)C2)s1. The molecule has 0 radical (unpaired) electrons. The van der Waals surface area contributed by atoms with Crippen LogP contribution >= 0.6 is 11.3 Å². The summed E-state index contributed by atoms with van der Waals surface area (Å²) < 4.78 is 13.8.